The zero-order valence-electron chi connectivity index (χ0n) is 13.6. The van der Waals surface area contributed by atoms with E-state index in [1.54, 1.807) is 25.1 Å². The molecule has 0 aliphatic rings. The first-order chi connectivity index (χ1) is 11.8. The van der Waals surface area contributed by atoms with Gasteiger partial charge in [0, 0.05) is 34.3 Å². The number of benzene rings is 2. The average Bonchev–Trinajstić information content (AvgIpc) is 2.54. The van der Waals surface area contributed by atoms with Crippen LogP contribution in [0.3, 0.4) is 0 Å². The number of hydrogen-bond acceptors (Lipinski definition) is 4. The van der Waals surface area contributed by atoms with Crippen LogP contribution in [0.15, 0.2) is 47.3 Å². The Morgan fingerprint density at radius 1 is 1.08 bits per heavy atom. The lowest BCUT2D eigenvalue weighted by Gasteiger charge is -2.08. The van der Waals surface area contributed by atoms with Crippen LogP contribution in [-0.4, -0.2) is 15.8 Å². The maximum atomic E-state index is 12.4. The van der Waals surface area contributed by atoms with Gasteiger partial charge in [-0.1, -0.05) is 12.1 Å². The fraction of sp³-hybridized carbons (Fsp3) is 0.111. The zero-order chi connectivity index (χ0) is 18.1. The van der Waals surface area contributed by atoms with Crippen LogP contribution in [0, 0.1) is 24.0 Å². The van der Waals surface area contributed by atoms with Gasteiger partial charge in [0.05, 0.1) is 10.4 Å². The number of aromatic nitrogens is 1. The Hall–Kier alpha value is -3.48. The number of pyridine rings is 1. The molecule has 0 radical (unpaired) electrons. The van der Waals surface area contributed by atoms with Crippen molar-refractivity contribution < 1.29 is 9.72 Å². The summed E-state index contributed by atoms with van der Waals surface area (Å²) >= 11 is 0. The maximum absolute atomic E-state index is 12.4. The van der Waals surface area contributed by atoms with E-state index in [0.29, 0.717) is 16.8 Å². The van der Waals surface area contributed by atoms with Gasteiger partial charge in [-0.15, -0.1) is 0 Å². The molecule has 0 unspecified atom stereocenters. The second-order valence-corrected chi connectivity index (χ2v) is 5.79. The molecule has 0 atom stereocenters. The maximum Gasteiger partial charge on any atom is 0.273 e. The quantitative estimate of drug-likeness (QED) is 0.565. The molecule has 1 amide bonds. The minimum absolute atomic E-state index is 0.105. The second-order valence-electron chi connectivity index (χ2n) is 5.79. The summed E-state index contributed by atoms with van der Waals surface area (Å²) in [6.07, 6.45) is 0. The second kappa shape index (κ2) is 6.20. The number of carbonyl (C=O) groups excluding carboxylic acids is 1. The minimum atomic E-state index is -0.518. The molecule has 126 valence electrons. The SMILES string of the molecule is Cc1ccc(C(=O)Nc2ccc3c(C)cc(=O)[nH]c3c2)cc1[N+](=O)[O-]. The van der Waals surface area contributed by atoms with Gasteiger partial charge in [-0.2, -0.15) is 0 Å². The van der Waals surface area contributed by atoms with E-state index in [2.05, 4.69) is 10.3 Å². The topological polar surface area (TPSA) is 105 Å². The third-order valence-electron chi connectivity index (χ3n) is 3.98. The van der Waals surface area contributed by atoms with Crippen LogP contribution >= 0.6 is 0 Å². The molecule has 7 heteroatoms. The molecule has 25 heavy (non-hydrogen) atoms. The van der Waals surface area contributed by atoms with E-state index in [1.165, 1.54) is 24.3 Å². The first kappa shape index (κ1) is 16.4. The minimum Gasteiger partial charge on any atom is -0.322 e. The fourth-order valence-corrected chi connectivity index (χ4v) is 2.66. The van der Waals surface area contributed by atoms with Crippen molar-refractivity contribution in [3.8, 4) is 0 Å². The van der Waals surface area contributed by atoms with E-state index in [0.717, 1.165) is 10.9 Å². The van der Waals surface area contributed by atoms with Gasteiger partial charge in [-0.3, -0.25) is 19.7 Å². The number of nitrogens with zero attached hydrogens (tertiary/aromatic N) is 1. The van der Waals surface area contributed by atoms with E-state index >= 15 is 0 Å². The molecule has 3 rings (SSSR count). The summed E-state index contributed by atoms with van der Waals surface area (Å²) < 4.78 is 0. The standard InChI is InChI=1S/C18H15N3O4/c1-10-3-4-12(8-16(10)21(24)25)18(23)19-13-5-6-14-11(2)7-17(22)20-15(14)9-13/h3-9H,1-2H3,(H,19,23)(H,20,22). The lowest BCUT2D eigenvalue weighted by Crippen LogP contribution is -2.13. The van der Waals surface area contributed by atoms with Gasteiger partial charge in [0.2, 0.25) is 5.56 Å². The Morgan fingerprint density at radius 2 is 1.84 bits per heavy atom. The van der Waals surface area contributed by atoms with Gasteiger partial charge >= 0.3 is 0 Å². The molecule has 3 aromatic rings. The van der Waals surface area contributed by atoms with Crippen LogP contribution in [0.2, 0.25) is 0 Å². The predicted molar refractivity (Wildman–Crippen MR) is 95.1 cm³/mol. The van der Waals surface area contributed by atoms with Crippen LogP contribution in [-0.2, 0) is 0 Å². The van der Waals surface area contributed by atoms with E-state index in [4.69, 9.17) is 0 Å². The fourth-order valence-electron chi connectivity index (χ4n) is 2.66. The number of rotatable bonds is 3. The lowest BCUT2D eigenvalue weighted by molar-refractivity contribution is -0.385. The molecular formula is C18H15N3O4. The summed E-state index contributed by atoms with van der Waals surface area (Å²) in [7, 11) is 0. The van der Waals surface area contributed by atoms with E-state index in [9.17, 15) is 19.7 Å². The van der Waals surface area contributed by atoms with Crippen molar-refractivity contribution in [2.45, 2.75) is 13.8 Å². The zero-order valence-corrected chi connectivity index (χ0v) is 13.6. The third kappa shape index (κ3) is 3.25. The normalized spacial score (nSPS) is 10.6. The van der Waals surface area contributed by atoms with E-state index < -0.39 is 10.8 Å². The number of aromatic amines is 1. The molecule has 7 nitrogen and oxygen atoms in total. The first-order valence-electron chi connectivity index (χ1n) is 7.55. The molecule has 0 saturated carbocycles. The molecular weight excluding hydrogens is 322 g/mol. The van der Waals surface area contributed by atoms with Crippen LogP contribution in [0.25, 0.3) is 10.9 Å². The van der Waals surface area contributed by atoms with Crippen molar-refractivity contribution >= 4 is 28.2 Å². The van der Waals surface area contributed by atoms with Crippen molar-refractivity contribution in [3.63, 3.8) is 0 Å². The Balaban J connectivity index is 1.93. The number of carbonyl (C=O) groups is 1. The number of aryl methyl sites for hydroxylation is 2. The Morgan fingerprint density at radius 3 is 2.56 bits per heavy atom. The van der Waals surface area contributed by atoms with Gasteiger partial charge in [0.1, 0.15) is 0 Å². The van der Waals surface area contributed by atoms with Crippen molar-refractivity contribution in [2.24, 2.45) is 0 Å². The Bertz CT molecular complexity index is 1070. The largest absolute Gasteiger partial charge is 0.322 e. The number of amides is 1. The average molecular weight is 337 g/mol. The molecule has 0 aliphatic heterocycles. The summed E-state index contributed by atoms with van der Waals surface area (Å²) in [6.45, 7) is 3.45. The van der Waals surface area contributed by atoms with Crippen LogP contribution in [0.1, 0.15) is 21.5 Å². The molecule has 2 aromatic carbocycles. The van der Waals surface area contributed by atoms with Crippen LogP contribution in [0.4, 0.5) is 11.4 Å². The summed E-state index contributed by atoms with van der Waals surface area (Å²) in [5.41, 5.74) is 2.29. The smallest absolute Gasteiger partial charge is 0.273 e. The van der Waals surface area contributed by atoms with Gasteiger partial charge in [0.25, 0.3) is 11.6 Å². The summed E-state index contributed by atoms with van der Waals surface area (Å²) in [5, 5.41) is 14.6. The van der Waals surface area contributed by atoms with E-state index in [-0.39, 0.29) is 16.8 Å². The molecule has 0 saturated heterocycles. The molecule has 0 aliphatic carbocycles. The molecule has 0 bridgehead atoms. The first-order valence-corrected chi connectivity index (χ1v) is 7.55. The van der Waals surface area contributed by atoms with Crippen molar-refractivity contribution in [3.05, 3.63) is 79.6 Å². The molecule has 1 heterocycles. The highest BCUT2D eigenvalue weighted by atomic mass is 16.6. The highest BCUT2D eigenvalue weighted by molar-refractivity contribution is 6.05. The lowest BCUT2D eigenvalue weighted by atomic mass is 10.1. The summed E-state index contributed by atoms with van der Waals surface area (Å²) in [6, 6.07) is 11.0. The van der Waals surface area contributed by atoms with Gasteiger partial charge in [-0.05, 0) is 37.6 Å². The third-order valence-corrected chi connectivity index (χ3v) is 3.98. The van der Waals surface area contributed by atoms with Gasteiger partial charge in [-0.25, -0.2) is 0 Å². The number of fused-ring (bicyclic) bond motifs is 1. The molecule has 1 aromatic heterocycles. The molecule has 0 fully saturated rings. The van der Waals surface area contributed by atoms with Crippen LogP contribution < -0.4 is 10.9 Å². The number of anilines is 1. The van der Waals surface area contributed by atoms with Gasteiger partial charge in [0.15, 0.2) is 0 Å². The van der Waals surface area contributed by atoms with Gasteiger partial charge < -0.3 is 10.3 Å². The highest BCUT2D eigenvalue weighted by Crippen LogP contribution is 2.22. The van der Waals surface area contributed by atoms with Crippen molar-refractivity contribution in [2.75, 3.05) is 5.32 Å². The Labute approximate surface area is 142 Å². The number of nitrogens with one attached hydrogen (secondary N) is 2. The Kier molecular flexibility index (Phi) is 4.06. The monoisotopic (exact) mass is 337 g/mol. The van der Waals surface area contributed by atoms with E-state index in [1.807, 2.05) is 6.92 Å². The predicted octanol–water partition coefficient (Wildman–Crippen LogP) is 3.31. The van der Waals surface area contributed by atoms with Crippen LogP contribution in [0.5, 0.6) is 0 Å². The highest BCUT2D eigenvalue weighted by Gasteiger charge is 2.15. The summed E-state index contributed by atoms with van der Waals surface area (Å²) in [5.74, 6) is -0.461. The molecule has 0 spiro atoms. The molecule has 2 N–H and O–H groups in total. The van der Waals surface area contributed by atoms with Crippen molar-refractivity contribution in [1.29, 1.82) is 0 Å². The number of nitro groups is 1. The number of nitro benzene ring substituents is 1. The summed E-state index contributed by atoms with van der Waals surface area (Å²) in [4.78, 5) is 37.2. The number of H-pyrrole nitrogens is 1. The van der Waals surface area contributed by atoms with Crippen molar-refractivity contribution in [1.82, 2.24) is 4.98 Å². The number of hydrogen-bond donors (Lipinski definition) is 2.